The van der Waals surface area contributed by atoms with Crippen molar-refractivity contribution in [2.24, 2.45) is 0 Å². The molecule has 0 bridgehead atoms. The summed E-state index contributed by atoms with van der Waals surface area (Å²) < 4.78 is 27.5. The Bertz CT molecular complexity index is 479. The molecular weight excluding hydrogens is 316 g/mol. The highest BCUT2D eigenvalue weighted by molar-refractivity contribution is 9.09. The molecule has 0 saturated heterocycles. The van der Waals surface area contributed by atoms with Crippen molar-refractivity contribution in [3.8, 4) is 0 Å². The highest BCUT2D eigenvalue weighted by Gasteiger charge is 2.27. The van der Waals surface area contributed by atoms with Crippen LogP contribution < -0.4 is 5.32 Å². The van der Waals surface area contributed by atoms with Gasteiger partial charge in [-0.25, -0.2) is 8.78 Å². The van der Waals surface area contributed by atoms with Gasteiger partial charge in [-0.3, -0.25) is 4.79 Å². The van der Waals surface area contributed by atoms with Crippen LogP contribution in [0.3, 0.4) is 0 Å². The van der Waals surface area contributed by atoms with Crippen molar-refractivity contribution >= 4 is 21.8 Å². The molecule has 0 aliphatic carbocycles. The zero-order valence-electron chi connectivity index (χ0n) is 11.3. The molecule has 0 fully saturated rings. The number of amides is 1. The highest BCUT2D eigenvalue weighted by Crippen LogP contribution is 2.20. The van der Waals surface area contributed by atoms with E-state index in [1.54, 1.807) is 0 Å². The topological polar surface area (TPSA) is 29.1 Å². The van der Waals surface area contributed by atoms with Gasteiger partial charge in [0.05, 0.1) is 0 Å². The van der Waals surface area contributed by atoms with Gasteiger partial charge in [-0.2, -0.15) is 0 Å². The molecule has 1 aromatic carbocycles. The fourth-order valence-electron chi connectivity index (χ4n) is 1.74. The van der Waals surface area contributed by atoms with Crippen LogP contribution >= 0.6 is 15.9 Å². The van der Waals surface area contributed by atoms with Crippen LogP contribution in [0, 0.1) is 18.6 Å². The fourth-order valence-corrected chi connectivity index (χ4v) is 2.61. The summed E-state index contributed by atoms with van der Waals surface area (Å²) in [6.07, 6.45) is 1.36. The normalized spacial score (nSPS) is 14.0. The molecular formula is C14H18BrF2NO. The predicted molar refractivity (Wildman–Crippen MR) is 75.7 cm³/mol. The summed E-state index contributed by atoms with van der Waals surface area (Å²) in [4.78, 5) is 12.1. The maximum absolute atomic E-state index is 13.9. The first-order chi connectivity index (χ1) is 8.84. The molecule has 0 aliphatic rings. The molecule has 0 aliphatic heterocycles. The van der Waals surface area contributed by atoms with E-state index in [4.69, 9.17) is 0 Å². The fraction of sp³-hybridized carbons (Fsp3) is 0.500. The van der Waals surface area contributed by atoms with Crippen molar-refractivity contribution in [2.75, 3.05) is 5.33 Å². The Morgan fingerprint density at radius 3 is 2.58 bits per heavy atom. The highest BCUT2D eigenvalue weighted by atomic mass is 79.9. The molecule has 1 aromatic rings. The lowest BCUT2D eigenvalue weighted by molar-refractivity contribution is 0.0893. The molecule has 19 heavy (non-hydrogen) atoms. The van der Waals surface area contributed by atoms with Gasteiger partial charge in [0.15, 0.2) is 0 Å². The molecule has 0 heterocycles. The van der Waals surface area contributed by atoms with Gasteiger partial charge in [-0.15, -0.1) is 0 Å². The van der Waals surface area contributed by atoms with E-state index >= 15 is 0 Å². The van der Waals surface area contributed by atoms with Crippen molar-refractivity contribution in [1.29, 1.82) is 0 Å². The maximum Gasteiger partial charge on any atom is 0.257 e. The number of carbonyl (C=O) groups excluding carboxylic acids is 1. The van der Waals surface area contributed by atoms with Gasteiger partial charge in [0.2, 0.25) is 0 Å². The molecule has 1 rings (SSSR count). The summed E-state index contributed by atoms with van der Waals surface area (Å²) in [5, 5.41) is 3.42. The van der Waals surface area contributed by atoms with Gasteiger partial charge in [-0.1, -0.05) is 28.9 Å². The maximum atomic E-state index is 13.9. The number of hydrogen-bond acceptors (Lipinski definition) is 1. The number of benzene rings is 1. The quantitative estimate of drug-likeness (QED) is 0.812. The third-order valence-electron chi connectivity index (χ3n) is 3.35. The Morgan fingerprint density at radius 1 is 1.42 bits per heavy atom. The first kappa shape index (κ1) is 16.1. The van der Waals surface area contributed by atoms with Gasteiger partial charge in [-0.05, 0) is 38.3 Å². The van der Waals surface area contributed by atoms with Gasteiger partial charge < -0.3 is 5.32 Å². The molecule has 106 valence electrons. The van der Waals surface area contributed by atoms with E-state index < -0.39 is 28.6 Å². The van der Waals surface area contributed by atoms with E-state index in [1.165, 1.54) is 13.0 Å². The molecule has 1 amide bonds. The summed E-state index contributed by atoms with van der Waals surface area (Å²) in [5.41, 5.74) is -0.733. The van der Waals surface area contributed by atoms with Gasteiger partial charge in [0.25, 0.3) is 5.91 Å². The molecule has 1 N–H and O–H groups in total. The van der Waals surface area contributed by atoms with Crippen molar-refractivity contribution in [2.45, 2.75) is 39.2 Å². The number of carbonyl (C=O) groups is 1. The Morgan fingerprint density at radius 2 is 2.05 bits per heavy atom. The van der Waals surface area contributed by atoms with E-state index in [9.17, 15) is 13.6 Å². The minimum Gasteiger partial charge on any atom is -0.347 e. The number of hydrogen-bond donors (Lipinski definition) is 1. The Kier molecular flexibility index (Phi) is 5.47. The van der Waals surface area contributed by atoms with Gasteiger partial charge in [0.1, 0.15) is 17.2 Å². The van der Waals surface area contributed by atoms with Crippen molar-refractivity contribution < 1.29 is 13.6 Å². The van der Waals surface area contributed by atoms with E-state index in [0.29, 0.717) is 18.2 Å². The second kappa shape index (κ2) is 6.46. The summed E-state index contributed by atoms with van der Waals surface area (Å²) in [7, 11) is 0. The van der Waals surface area contributed by atoms with Crippen LogP contribution in [0.15, 0.2) is 12.1 Å². The smallest absolute Gasteiger partial charge is 0.257 e. The monoisotopic (exact) mass is 333 g/mol. The van der Waals surface area contributed by atoms with Crippen molar-refractivity contribution in [1.82, 2.24) is 5.32 Å². The zero-order valence-corrected chi connectivity index (χ0v) is 12.9. The Labute approximate surface area is 120 Å². The minimum absolute atomic E-state index is 0.255. The number of halogens is 3. The Hall–Kier alpha value is -0.970. The van der Waals surface area contributed by atoms with Gasteiger partial charge in [0, 0.05) is 10.9 Å². The average Bonchev–Trinajstić information content (AvgIpc) is 2.34. The van der Waals surface area contributed by atoms with Crippen molar-refractivity contribution in [3.63, 3.8) is 0 Å². The third kappa shape index (κ3) is 3.75. The number of aryl methyl sites for hydroxylation is 1. The average molecular weight is 334 g/mol. The summed E-state index contributed by atoms with van der Waals surface area (Å²) in [6, 6.07) is 2.43. The lowest BCUT2D eigenvalue weighted by atomic mass is 9.94. The van der Waals surface area contributed by atoms with E-state index in [-0.39, 0.29) is 5.56 Å². The van der Waals surface area contributed by atoms with Crippen LogP contribution in [0.2, 0.25) is 0 Å². The number of alkyl halides is 1. The van der Waals surface area contributed by atoms with Crippen LogP contribution in [0.1, 0.15) is 42.6 Å². The van der Waals surface area contributed by atoms with Crippen LogP contribution in [-0.2, 0) is 0 Å². The lowest BCUT2D eigenvalue weighted by Gasteiger charge is -2.29. The number of nitrogens with one attached hydrogen (secondary N) is 1. The number of rotatable bonds is 5. The molecule has 0 aromatic heterocycles. The predicted octanol–water partition coefficient (Wildman–Crippen LogP) is 3.96. The van der Waals surface area contributed by atoms with Crippen LogP contribution in [-0.4, -0.2) is 16.8 Å². The molecule has 5 heteroatoms. The van der Waals surface area contributed by atoms with Gasteiger partial charge >= 0.3 is 0 Å². The molecule has 1 unspecified atom stereocenters. The molecule has 1 atom stereocenters. The molecule has 0 saturated carbocycles. The molecule has 0 spiro atoms. The molecule has 0 radical (unpaired) electrons. The SMILES string of the molecule is CCC(C)(CCBr)NC(=O)c1c(F)ccc(C)c1F. The third-order valence-corrected chi connectivity index (χ3v) is 3.75. The standard InChI is InChI=1S/C14H18BrF2NO/c1-4-14(3,7-8-15)18-13(19)11-10(16)6-5-9(2)12(11)17/h5-6H,4,7-8H2,1-3H3,(H,18,19). The van der Waals surface area contributed by atoms with Crippen LogP contribution in [0.5, 0.6) is 0 Å². The zero-order chi connectivity index (χ0) is 14.6. The van der Waals surface area contributed by atoms with Crippen LogP contribution in [0.25, 0.3) is 0 Å². The summed E-state index contributed by atoms with van der Waals surface area (Å²) in [5.74, 6) is -2.34. The van der Waals surface area contributed by atoms with E-state index in [1.807, 2.05) is 13.8 Å². The summed E-state index contributed by atoms with van der Waals surface area (Å²) in [6.45, 7) is 5.28. The van der Waals surface area contributed by atoms with E-state index in [0.717, 1.165) is 6.07 Å². The van der Waals surface area contributed by atoms with Crippen molar-refractivity contribution in [3.05, 3.63) is 34.9 Å². The first-order valence-electron chi connectivity index (χ1n) is 6.17. The Balaban J connectivity index is 3.05. The first-order valence-corrected chi connectivity index (χ1v) is 7.30. The largest absolute Gasteiger partial charge is 0.347 e. The summed E-state index contributed by atoms with van der Waals surface area (Å²) >= 11 is 3.31. The van der Waals surface area contributed by atoms with Crippen LogP contribution in [0.4, 0.5) is 8.78 Å². The second-order valence-electron chi connectivity index (χ2n) is 4.86. The van der Waals surface area contributed by atoms with E-state index in [2.05, 4.69) is 21.2 Å². The minimum atomic E-state index is -0.835. The second-order valence-corrected chi connectivity index (χ2v) is 5.65. The molecule has 2 nitrogen and oxygen atoms in total. The lowest BCUT2D eigenvalue weighted by Crippen LogP contribution is -2.46.